The van der Waals surface area contributed by atoms with Crippen molar-refractivity contribution in [2.24, 2.45) is 5.92 Å². The summed E-state index contributed by atoms with van der Waals surface area (Å²) >= 11 is 0. The highest BCUT2D eigenvalue weighted by atomic mass is 19.1. The summed E-state index contributed by atoms with van der Waals surface area (Å²) in [6, 6.07) is 12.1. The van der Waals surface area contributed by atoms with Gasteiger partial charge in [-0.15, -0.1) is 0 Å². The second-order valence-electron chi connectivity index (χ2n) is 8.29. The van der Waals surface area contributed by atoms with Gasteiger partial charge in [0.05, 0.1) is 24.4 Å². The average molecular weight is 457 g/mol. The largest absolute Gasteiger partial charge is 0.449 e. The molecule has 1 heterocycles. The maximum Gasteiger partial charge on any atom is 0.409 e. The standard InChI is InChI=1S/C24H29FN4O4/c1-17(2)16-33-24(32)29-13-11-28(12-14-29)15-22(30)27-21-6-4-3-5-20(21)23(31)26-19-9-7-18(25)8-10-19/h3-10,17H,11-16H2,1-2H3,(H,26,31)(H,27,30). The Bertz CT molecular complexity index is 973. The molecule has 0 spiro atoms. The summed E-state index contributed by atoms with van der Waals surface area (Å²) in [7, 11) is 0. The van der Waals surface area contributed by atoms with E-state index in [1.54, 1.807) is 29.2 Å². The first-order valence-corrected chi connectivity index (χ1v) is 10.9. The van der Waals surface area contributed by atoms with Gasteiger partial charge in [-0.1, -0.05) is 26.0 Å². The number of nitrogens with zero attached hydrogens (tertiary/aromatic N) is 2. The third-order valence-electron chi connectivity index (χ3n) is 5.09. The lowest BCUT2D eigenvalue weighted by molar-refractivity contribution is -0.117. The third-order valence-corrected chi connectivity index (χ3v) is 5.09. The minimum atomic E-state index is -0.411. The molecule has 2 aromatic carbocycles. The van der Waals surface area contributed by atoms with Crippen LogP contribution in [-0.2, 0) is 9.53 Å². The number of halogens is 1. The average Bonchev–Trinajstić information content (AvgIpc) is 2.79. The van der Waals surface area contributed by atoms with Crippen molar-refractivity contribution < 1.29 is 23.5 Å². The van der Waals surface area contributed by atoms with Crippen LogP contribution in [-0.4, -0.2) is 67.0 Å². The topological polar surface area (TPSA) is 91.0 Å². The first-order valence-electron chi connectivity index (χ1n) is 10.9. The number of anilines is 2. The van der Waals surface area contributed by atoms with Crippen LogP contribution in [0.5, 0.6) is 0 Å². The van der Waals surface area contributed by atoms with Gasteiger partial charge in [0.1, 0.15) is 5.82 Å². The minimum Gasteiger partial charge on any atom is -0.449 e. The normalized spacial score (nSPS) is 14.1. The second-order valence-corrected chi connectivity index (χ2v) is 8.29. The van der Waals surface area contributed by atoms with E-state index in [0.29, 0.717) is 49.7 Å². The van der Waals surface area contributed by atoms with Gasteiger partial charge in [-0.05, 0) is 42.3 Å². The van der Waals surface area contributed by atoms with Gasteiger partial charge in [0.2, 0.25) is 5.91 Å². The van der Waals surface area contributed by atoms with Gasteiger partial charge >= 0.3 is 6.09 Å². The molecule has 9 heteroatoms. The summed E-state index contributed by atoms with van der Waals surface area (Å²) in [5, 5.41) is 5.49. The van der Waals surface area contributed by atoms with E-state index in [1.807, 2.05) is 18.7 Å². The third kappa shape index (κ3) is 7.28. The number of para-hydroxylation sites is 1. The number of hydrogen-bond acceptors (Lipinski definition) is 5. The van der Waals surface area contributed by atoms with Crippen LogP contribution in [0.4, 0.5) is 20.6 Å². The fourth-order valence-corrected chi connectivity index (χ4v) is 3.33. The maximum absolute atomic E-state index is 13.1. The molecule has 8 nitrogen and oxygen atoms in total. The minimum absolute atomic E-state index is 0.142. The van der Waals surface area contributed by atoms with E-state index < -0.39 is 11.7 Å². The Morgan fingerprint density at radius 1 is 0.970 bits per heavy atom. The van der Waals surface area contributed by atoms with Gasteiger partial charge in [0.25, 0.3) is 5.91 Å². The highest BCUT2D eigenvalue weighted by molar-refractivity contribution is 6.10. The lowest BCUT2D eigenvalue weighted by atomic mass is 10.1. The number of amides is 3. The van der Waals surface area contributed by atoms with E-state index in [-0.39, 0.29) is 24.5 Å². The SMILES string of the molecule is CC(C)COC(=O)N1CCN(CC(=O)Nc2ccccc2C(=O)Nc2ccc(F)cc2)CC1. The molecule has 0 unspecified atom stereocenters. The van der Waals surface area contributed by atoms with Crippen LogP contribution >= 0.6 is 0 Å². The Morgan fingerprint density at radius 3 is 2.30 bits per heavy atom. The molecular formula is C24H29FN4O4. The molecular weight excluding hydrogens is 427 g/mol. The van der Waals surface area contributed by atoms with Crippen molar-refractivity contribution in [1.82, 2.24) is 9.80 Å². The van der Waals surface area contributed by atoms with Crippen molar-refractivity contribution in [3.05, 3.63) is 59.9 Å². The number of rotatable bonds is 7. The Kier molecular flexibility index (Phi) is 8.37. The molecule has 2 N–H and O–H groups in total. The highest BCUT2D eigenvalue weighted by Crippen LogP contribution is 2.18. The summed E-state index contributed by atoms with van der Waals surface area (Å²) in [5.74, 6) is -0.785. The van der Waals surface area contributed by atoms with Crippen LogP contribution in [0, 0.1) is 11.7 Å². The summed E-state index contributed by atoms with van der Waals surface area (Å²) in [4.78, 5) is 40.9. The van der Waals surface area contributed by atoms with Gasteiger partial charge in [-0.2, -0.15) is 0 Å². The summed E-state index contributed by atoms with van der Waals surface area (Å²) < 4.78 is 18.3. The molecule has 1 fully saturated rings. The molecule has 33 heavy (non-hydrogen) atoms. The van der Waals surface area contributed by atoms with Crippen LogP contribution in [0.15, 0.2) is 48.5 Å². The molecule has 176 valence electrons. The van der Waals surface area contributed by atoms with E-state index in [9.17, 15) is 18.8 Å². The smallest absolute Gasteiger partial charge is 0.409 e. The maximum atomic E-state index is 13.1. The van der Waals surface area contributed by atoms with Crippen LogP contribution < -0.4 is 10.6 Å². The number of piperazine rings is 1. The second kappa shape index (κ2) is 11.4. The van der Waals surface area contributed by atoms with E-state index in [1.165, 1.54) is 24.3 Å². The van der Waals surface area contributed by atoms with Crippen molar-refractivity contribution >= 4 is 29.3 Å². The Labute approximate surface area is 192 Å². The number of carbonyl (C=O) groups excluding carboxylic acids is 3. The number of hydrogen-bond donors (Lipinski definition) is 2. The van der Waals surface area contributed by atoms with Crippen molar-refractivity contribution in [2.45, 2.75) is 13.8 Å². The molecule has 0 aromatic heterocycles. The number of ether oxygens (including phenoxy) is 1. The molecule has 0 atom stereocenters. The van der Waals surface area contributed by atoms with Gasteiger partial charge in [0, 0.05) is 31.9 Å². The first-order chi connectivity index (χ1) is 15.8. The lowest BCUT2D eigenvalue weighted by Gasteiger charge is -2.33. The number of nitrogens with one attached hydrogen (secondary N) is 2. The molecule has 1 aliphatic heterocycles. The highest BCUT2D eigenvalue weighted by Gasteiger charge is 2.24. The van der Waals surface area contributed by atoms with Crippen molar-refractivity contribution in [1.29, 1.82) is 0 Å². The van der Waals surface area contributed by atoms with Gasteiger partial charge < -0.3 is 20.3 Å². The van der Waals surface area contributed by atoms with Crippen LogP contribution in [0.25, 0.3) is 0 Å². The monoisotopic (exact) mass is 456 g/mol. The van der Waals surface area contributed by atoms with E-state index >= 15 is 0 Å². The van der Waals surface area contributed by atoms with Gasteiger partial charge in [-0.25, -0.2) is 9.18 Å². The molecule has 0 radical (unpaired) electrons. The molecule has 1 aliphatic rings. The van der Waals surface area contributed by atoms with Crippen LogP contribution in [0.3, 0.4) is 0 Å². The number of carbonyl (C=O) groups is 3. The van der Waals surface area contributed by atoms with E-state index in [4.69, 9.17) is 4.74 Å². The van der Waals surface area contributed by atoms with Gasteiger partial charge in [0.15, 0.2) is 0 Å². The predicted octanol–water partition coefficient (Wildman–Crippen LogP) is 3.43. The summed E-state index contributed by atoms with van der Waals surface area (Å²) in [6.45, 7) is 6.57. The summed E-state index contributed by atoms with van der Waals surface area (Å²) in [6.07, 6.45) is -0.325. The van der Waals surface area contributed by atoms with E-state index in [0.717, 1.165) is 0 Å². The Balaban J connectivity index is 1.51. The molecule has 2 aromatic rings. The number of benzene rings is 2. The zero-order valence-corrected chi connectivity index (χ0v) is 18.8. The zero-order valence-electron chi connectivity index (χ0n) is 18.8. The molecule has 0 saturated carbocycles. The Morgan fingerprint density at radius 2 is 1.64 bits per heavy atom. The van der Waals surface area contributed by atoms with Crippen molar-refractivity contribution in [2.75, 3.05) is 50.0 Å². The predicted molar refractivity (Wildman–Crippen MR) is 124 cm³/mol. The quantitative estimate of drug-likeness (QED) is 0.666. The van der Waals surface area contributed by atoms with Crippen molar-refractivity contribution in [3.8, 4) is 0 Å². The van der Waals surface area contributed by atoms with E-state index in [2.05, 4.69) is 10.6 Å². The molecule has 3 amide bonds. The summed E-state index contributed by atoms with van der Waals surface area (Å²) in [5.41, 5.74) is 1.14. The van der Waals surface area contributed by atoms with Crippen molar-refractivity contribution in [3.63, 3.8) is 0 Å². The molecule has 0 aliphatic carbocycles. The zero-order chi connectivity index (χ0) is 23.8. The fraction of sp³-hybridized carbons (Fsp3) is 0.375. The van der Waals surface area contributed by atoms with Crippen LogP contribution in [0.1, 0.15) is 24.2 Å². The fourth-order valence-electron chi connectivity index (χ4n) is 3.33. The molecule has 0 bridgehead atoms. The van der Waals surface area contributed by atoms with Crippen LogP contribution in [0.2, 0.25) is 0 Å². The molecule has 3 rings (SSSR count). The lowest BCUT2D eigenvalue weighted by Crippen LogP contribution is -2.50. The van der Waals surface area contributed by atoms with Gasteiger partial charge in [-0.3, -0.25) is 14.5 Å². The Hall–Kier alpha value is -3.46. The first kappa shape index (κ1) is 24.2. The molecule has 1 saturated heterocycles.